The summed E-state index contributed by atoms with van der Waals surface area (Å²) in [7, 11) is 0. The Bertz CT molecular complexity index is 480. The molecule has 0 radical (unpaired) electrons. The highest BCUT2D eigenvalue weighted by atomic mass is 19.1. The number of nitrogens with two attached hydrogens (primary N) is 1. The van der Waals surface area contributed by atoms with E-state index < -0.39 is 6.17 Å². The number of carbonyl (C=O) groups excluding carboxylic acids is 1. The van der Waals surface area contributed by atoms with Gasteiger partial charge < -0.3 is 15.4 Å². The molecule has 0 saturated carbocycles. The van der Waals surface area contributed by atoms with Gasteiger partial charge in [-0.05, 0) is 6.07 Å². The maximum Gasteiger partial charge on any atom is 0.259 e. The molecular formula is C11H12FN3O2. The van der Waals surface area contributed by atoms with E-state index in [2.05, 4.69) is 4.98 Å². The van der Waals surface area contributed by atoms with Gasteiger partial charge in [-0.1, -0.05) is 0 Å². The molecule has 0 bridgehead atoms. The second kappa shape index (κ2) is 3.58. The molecule has 1 fully saturated rings. The fourth-order valence-electron chi connectivity index (χ4n) is 2.33. The number of nitrogens with zero attached hydrogens (tertiary/aromatic N) is 2. The second-order valence-electron chi connectivity index (χ2n) is 4.38. The van der Waals surface area contributed by atoms with Crippen molar-refractivity contribution in [2.24, 2.45) is 0 Å². The van der Waals surface area contributed by atoms with Gasteiger partial charge in [-0.3, -0.25) is 4.79 Å². The van der Waals surface area contributed by atoms with Crippen LogP contribution in [0.3, 0.4) is 0 Å². The lowest BCUT2D eigenvalue weighted by atomic mass is 10.2. The lowest BCUT2D eigenvalue weighted by molar-refractivity contribution is 0.0720. The van der Waals surface area contributed by atoms with Crippen LogP contribution >= 0.6 is 0 Å². The van der Waals surface area contributed by atoms with Crippen molar-refractivity contribution >= 4 is 11.6 Å². The quantitative estimate of drug-likeness (QED) is 0.717. The van der Waals surface area contributed by atoms with Crippen molar-refractivity contribution < 1.29 is 13.9 Å². The Labute approximate surface area is 97.4 Å². The molecule has 6 heteroatoms. The number of anilines is 1. The number of carbonyl (C=O) groups is 1. The number of hydrogen-bond donors (Lipinski definition) is 1. The highest BCUT2D eigenvalue weighted by Crippen LogP contribution is 2.30. The lowest BCUT2D eigenvalue weighted by Gasteiger charge is -2.19. The lowest BCUT2D eigenvalue weighted by Crippen LogP contribution is -2.36. The third-order valence-electron chi connectivity index (χ3n) is 3.14. The zero-order valence-corrected chi connectivity index (χ0v) is 9.10. The van der Waals surface area contributed by atoms with E-state index in [0.717, 1.165) is 0 Å². The number of ether oxygens (including phenoxy) is 1. The summed E-state index contributed by atoms with van der Waals surface area (Å²) in [5.41, 5.74) is 6.32. The van der Waals surface area contributed by atoms with Crippen LogP contribution in [0.4, 0.5) is 10.1 Å². The van der Waals surface area contributed by atoms with E-state index in [9.17, 15) is 9.18 Å². The normalized spacial score (nSPS) is 27.1. The molecule has 1 saturated heterocycles. The van der Waals surface area contributed by atoms with Gasteiger partial charge in [0.1, 0.15) is 18.3 Å². The molecule has 2 atom stereocenters. The third kappa shape index (κ3) is 1.60. The monoisotopic (exact) mass is 237 g/mol. The third-order valence-corrected chi connectivity index (χ3v) is 3.14. The SMILES string of the molecule is Nc1cnc2c(c1)C(=O)N1C[C@@H](F)C[C@@H]1CO2. The molecule has 1 amide bonds. The van der Waals surface area contributed by atoms with Crippen molar-refractivity contribution in [2.75, 3.05) is 18.9 Å². The molecule has 2 N–H and O–H groups in total. The molecule has 3 rings (SSSR count). The first-order chi connectivity index (χ1) is 8.15. The molecule has 0 spiro atoms. The standard InChI is InChI=1S/C11H12FN3O2/c12-6-1-8-5-17-10-9(2-7(13)3-14-10)11(16)15(8)4-6/h2-3,6,8H,1,4-5,13H2/t6-,8+/m0/s1. The van der Waals surface area contributed by atoms with E-state index in [-0.39, 0.29) is 31.0 Å². The number of rotatable bonds is 0. The first-order valence-corrected chi connectivity index (χ1v) is 5.48. The van der Waals surface area contributed by atoms with Gasteiger partial charge in [0, 0.05) is 6.42 Å². The molecule has 1 aromatic heterocycles. The van der Waals surface area contributed by atoms with Crippen molar-refractivity contribution in [1.29, 1.82) is 0 Å². The van der Waals surface area contributed by atoms with Gasteiger partial charge >= 0.3 is 0 Å². The van der Waals surface area contributed by atoms with Crippen LogP contribution in [0, 0.1) is 0 Å². The van der Waals surface area contributed by atoms with Crippen molar-refractivity contribution in [3.63, 3.8) is 0 Å². The number of halogens is 1. The molecule has 2 aliphatic heterocycles. The predicted molar refractivity (Wildman–Crippen MR) is 58.5 cm³/mol. The van der Waals surface area contributed by atoms with Crippen molar-refractivity contribution in [3.05, 3.63) is 17.8 Å². The zero-order valence-electron chi connectivity index (χ0n) is 9.10. The molecular weight excluding hydrogens is 225 g/mol. The minimum Gasteiger partial charge on any atom is -0.475 e. The Kier molecular flexibility index (Phi) is 2.17. The second-order valence-corrected chi connectivity index (χ2v) is 4.38. The number of aromatic nitrogens is 1. The van der Waals surface area contributed by atoms with Crippen molar-refractivity contribution in [2.45, 2.75) is 18.6 Å². The van der Waals surface area contributed by atoms with Gasteiger partial charge in [0.05, 0.1) is 24.5 Å². The molecule has 3 heterocycles. The van der Waals surface area contributed by atoms with Crippen molar-refractivity contribution in [1.82, 2.24) is 9.88 Å². The summed E-state index contributed by atoms with van der Waals surface area (Å²) in [5.74, 6) is 0.0384. The molecule has 17 heavy (non-hydrogen) atoms. The minimum atomic E-state index is -0.969. The summed E-state index contributed by atoms with van der Waals surface area (Å²) in [6, 6.07) is 1.33. The Morgan fingerprint density at radius 3 is 3.24 bits per heavy atom. The maximum atomic E-state index is 13.3. The molecule has 90 valence electrons. The van der Waals surface area contributed by atoms with Crippen molar-refractivity contribution in [3.8, 4) is 5.88 Å². The summed E-state index contributed by atoms with van der Waals surface area (Å²) < 4.78 is 18.7. The van der Waals surface area contributed by atoms with Crippen LogP contribution in [0.1, 0.15) is 16.8 Å². The summed E-state index contributed by atoms with van der Waals surface area (Å²) in [6.45, 7) is 0.414. The highest BCUT2D eigenvalue weighted by Gasteiger charge is 2.39. The molecule has 0 unspecified atom stereocenters. The first kappa shape index (κ1) is 10.3. The van der Waals surface area contributed by atoms with Gasteiger partial charge in [-0.25, -0.2) is 9.37 Å². The average molecular weight is 237 g/mol. The fourth-order valence-corrected chi connectivity index (χ4v) is 2.33. The van der Waals surface area contributed by atoms with Crippen LogP contribution in [0.25, 0.3) is 0 Å². The van der Waals surface area contributed by atoms with Crippen LogP contribution < -0.4 is 10.5 Å². The first-order valence-electron chi connectivity index (χ1n) is 5.48. The van der Waals surface area contributed by atoms with Gasteiger partial charge in [0.15, 0.2) is 0 Å². The Balaban J connectivity index is 2.02. The van der Waals surface area contributed by atoms with E-state index in [1.165, 1.54) is 17.2 Å². The summed E-state index contributed by atoms with van der Waals surface area (Å²) in [6.07, 6.45) is 0.804. The number of fused-ring (bicyclic) bond motifs is 2. The topological polar surface area (TPSA) is 68.5 Å². The van der Waals surface area contributed by atoms with Gasteiger partial charge in [0.25, 0.3) is 5.91 Å². The summed E-state index contributed by atoms with van der Waals surface area (Å²) in [5, 5.41) is 0. The number of nitrogen functional groups attached to an aromatic ring is 1. The van der Waals surface area contributed by atoms with E-state index in [4.69, 9.17) is 10.5 Å². The number of amides is 1. The molecule has 5 nitrogen and oxygen atoms in total. The minimum absolute atomic E-state index is 0.126. The van der Waals surface area contributed by atoms with Crippen LogP contribution in [0.2, 0.25) is 0 Å². The van der Waals surface area contributed by atoms with Crippen LogP contribution in [-0.2, 0) is 0 Å². The molecule has 2 aliphatic rings. The molecule has 0 aromatic carbocycles. The average Bonchev–Trinajstić information content (AvgIpc) is 2.62. The summed E-state index contributed by atoms with van der Waals surface area (Å²) >= 11 is 0. The largest absolute Gasteiger partial charge is 0.475 e. The Morgan fingerprint density at radius 1 is 1.59 bits per heavy atom. The number of alkyl halides is 1. The van der Waals surface area contributed by atoms with E-state index >= 15 is 0 Å². The molecule has 1 aromatic rings. The van der Waals surface area contributed by atoms with Gasteiger partial charge in [0.2, 0.25) is 5.88 Å². The van der Waals surface area contributed by atoms with Crippen LogP contribution in [0.5, 0.6) is 5.88 Å². The summed E-state index contributed by atoms with van der Waals surface area (Å²) in [4.78, 5) is 17.7. The Morgan fingerprint density at radius 2 is 2.41 bits per heavy atom. The van der Waals surface area contributed by atoms with E-state index in [1.54, 1.807) is 0 Å². The number of hydrogen-bond acceptors (Lipinski definition) is 4. The molecule has 0 aliphatic carbocycles. The highest BCUT2D eigenvalue weighted by molar-refractivity contribution is 5.97. The smallest absolute Gasteiger partial charge is 0.259 e. The number of pyridine rings is 1. The van der Waals surface area contributed by atoms with E-state index in [0.29, 0.717) is 17.7 Å². The van der Waals surface area contributed by atoms with Crippen LogP contribution in [0.15, 0.2) is 12.3 Å². The van der Waals surface area contributed by atoms with Gasteiger partial charge in [-0.15, -0.1) is 0 Å². The van der Waals surface area contributed by atoms with Gasteiger partial charge in [-0.2, -0.15) is 0 Å². The predicted octanol–water partition coefficient (Wildman–Crippen LogP) is 0.609. The fraction of sp³-hybridized carbons (Fsp3) is 0.455. The zero-order chi connectivity index (χ0) is 12.0. The van der Waals surface area contributed by atoms with Crippen LogP contribution in [-0.4, -0.2) is 41.2 Å². The van der Waals surface area contributed by atoms with E-state index in [1.807, 2.05) is 0 Å². The maximum absolute atomic E-state index is 13.3. The Hall–Kier alpha value is -1.85.